The van der Waals surface area contributed by atoms with Crippen LogP contribution in [0.4, 0.5) is 0 Å². The summed E-state index contributed by atoms with van der Waals surface area (Å²) in [4.78, 5) is 25.6. The summed E-state index contributed by atoms with van der Waals surface area (Å²) >= 11 is 0. The first-order valence-corrected chi connectivity index (χ1v) is 8.58. The van der Waals surface area contributed by atoms with Gasteiger partial charge in [-0.2, -0.15) is 0 Å². The van der Waals surface area contributed by atoms with E-state index in [9.17, 15) is 9.59 Å². The molecule has 1 heterocycles. The lowest BCUT2D eigenvalue weighted by Crippen LogP contribution is -2.38. The zero-order chi connectivity index (χ0) is 18.2. The van der Waals surface area contributed by atoms with Crippen LogP contribution in [0, 0.1) is 0 Å². The SMILES string of the molecule is O=C(COc1ccccc1)OCC(=O)N1CC=C(c2ccccc2)CC1. The number of rotatable bonds is 6. The maximum absolute atomic E-state index is 12.2. The number of carbonyl (C=O) groups excluding carboxylic acids is 2. The Morgan fingerprint density at radius 1 is 0.923 bits per heavy atom. The van der Waals surface area contributed by atoms with E-state index in [4.69, 9.17) is 9.47 Å². The van der Waals surface area contributed by atoms with Crippen LogP contribution in [0.5, 0.6) is 5.75 Å². The van der Waals surface area contributed by atoms with Crippen molar-refractivity contribution in [1.29, 1.82) is 0 Å². The van der Waals surface area contributed by atoms with Crippen LogP contribution in [-0.4, -0.2) is 43.1 Å². The van der Waals surface area contributed by atoms with E-state index in [1.165, 1.54) is 11.1 Å². The fraction of sp³-hybridized carbons (Fsp3) is 0.238. The fourth-order valence-corrected chi connectivity index (χ4v) is 2.74. The highest BCUT2D eigenvalue weighted by molar-refractivity contribution is 5.82. The standard InChI is InChI=1S/C21H21NO4/c23-20(15-26-21(24)16-25-19-9-5-2-6-10-19)22-13-11-18(12-14-22)17-7-3-1-4-8-17/h1-11H,12-16H2. The van der Waals surface area contributed by atoms with Gasteiger partial charge < -0.3 is 14.4 Å². The zero-order valence-electron chi connectivity index (χ0n) is 14.5. The first-order chi connectivity index (χ1) is 12.7. The number of para-hydroxylation sites is 1. The first-order valence-electron chi connectivity index (χ1n) is 8.58. The molecule has 0 unspecified atom stereocenters. The maximum Gasteiger partial charge on any atom is 0.344 e. The Labute approximate surface area is 152 Å². The first kappa shape index (κ1) is 17.7. The Morgan fingerprint density at radius 2 is 1.62 bits per heavy atom. The van der Waals surface area contributed by atoms with E-state index in [2.05, 4.69) is 18.2 Å². The normalized spacial score (nSPS) is 13.7. The van der Waals surface area contributed by atoms with Crippen molar-refractivity contribution in [3.63, 3.8) is 0 Å². The number of hydrogen-bond donors (Lipinski definition) is 0. The number of carbonyl (C=O) groups is 2. The van der Waals surface area contributed by atoms with Crippen molar-refractivity contribution in [2.45, 2.75) is 6.42 Å². The molecule has 0 saturated carbocycles. The van der Waals surface area contributed by atoms with E-state index in [1.807, 2.05) is 36.4 Å². The highest BCUT2D eigenvalue weighted by Crippen LogP contribution is 2.21. The van der Waals surface area contributed by atoms with Gasteiger partial charge in [-0.05, 0) is 29.7 Å². The number of benzene rings is 2. The Kier molecular flexibility index (Phi) is 6.04. The van der Waals surface area contributed by atoms with Crippen LogP contribution < -0.4 is 4.74 Å². The quantitative estimate of drug-likeness (QED) is 0.751. The van der Waals surface area contributed by atoms with Crippen molar-refractivity contribution >= 4 is 17.4 Å². The summed E-state index contributed by atoms with van der Waals surface area (Å²) in [5, 5.41) is 0. The molecule has 0 atom stereocenters. The molecule has 0 N–H and O–H groups in total. The second-order valence-electron chi connectivity index (χ2n) is 5.95. The van der Waals surface area contributed by atoms with E-state index in [0.717, 1.165) is 6.42 Å². The Balaban J connectivity index is 1.41. The summed E-state index contributed by atoms with van der Waals surface area (Å²) in [5.74, 6) is -0.161. The van der Waals surface area contributed by atoms with Gasteiger partial charge in [-0.1, -0.05) is 54.6 Å². The van der Waals surface area contributed by atoms with Crippen LogP contribution in [0.3, 0.4) is 0 Å². The third kappa shape index (κ3) is 4.96. The lowest BCUT2D eigenvalue weighted by Gasteiger charge is -2.26. The summed E-state index contributed by atoms with van der Waals surface area (Å²) in [6, 6.07) is 19.1. The Hall–Kier alpha value is -3.08. The minimum Gasteiger partial charge on any atom is -0.482 e. The Bertz CT molecular complexity index is 771. The van der Waals surface area contributed by atoms with Gasteiger partial charge in [-0.15, -0.1) is 0 Å². The van der Waals surface area contributed by atoms with E-state index in [-0.39, 0.29) is 19.1 Å². The van der Waals surface area contributed by atoms with Gasteiger partial charge in [0.1, 0.15) is 5.75 Å². The van der Waals surface area contributed by atoms with Crippen molar-refractivity contribution in [2.75, 3.05) is 26.3 Å². The molecule has 2 aromatic carbocycles. The van der Waals surface area contributed by atoms with Gasteiger partial charge in [-0.3, -0.25) is 4.79 Å². The Morgan fingerprint density at radius 3 is 2.27 bits per heavy atom. The lowest BCUT2D eigenvalue weighted by atomic mass is 10.00. The van der Waals surface area contributed by atoms with Crippen molar-refractivity contribution in [3.05, 3.63) is 72.3 Å². The minimum atomic E-state index is -0.556. The van der Waals surface area contributed by atoms with Gasteiger partial charge in [0.2, 0.25) is 0 Å². The molecule has 0 aromatic heterocycles. The second-order valence-corrected chi connectivity index (χ2v) is 5.95. The third-order valence-corrected chi connectivity index (χ3v) is 4.16. The largest absolute Gasteiger partial charge is 0.482 e. The molecule has 1 aliphatic heterocycles. The molecule has 5 nitrogen and oxygen atoms in total. The monoisotopic (exact) mass is 351 g/mol. The molecule has 1 aliphatic rings. The third-order valence-electron chi connectivity index (χ3n) is 4.16. The zero-order valence-corrected chi connectivity index (χ0v) is 14.5. The van der Waals surface area contributed by atoms with Crippen molar-refractivity contribution < 1.29 is 19.1 Å². The molecule has 134 valence electrons. The summed E-state index contributed by atoms with van der Waals surface area (Å²) in [6.45, 7) is 0.680. The number of hydrogen-bond acceptors (Lipinski definition) is 4. The highest BCUT2D eigenvalue weighted by Gasteiger charge is 2.19. The van der Waals surface area contributed by atoms with Crippen LogP contribution >= 0.6 is 0 Å². The van der Waals surface area contributed by atoms with Crippen LogP contribution in [0.1, 0.15) is 12.0 Å². The van der Waals surface area contributed by atoms with E-state index < -0.39 is 5.97 Å². The average molecular weight is 351 g/mol. The predicted octanol–water partition coefficient (Wildman–Crippen LogP) is 2.92. The number of esters is 1. The molecule has 0 fully saturated rings. The lowest BCUT2D eigenvalue weighted by molar-refractivity contribution is -0.153. The van der Waals surface area contributed by atoms with Gasteiger partial charge >= 0.3 is 5.97 Å². The molecule has 0 radical (unpaired) electrons. The molecular weight excluding hydrogens is 330 g/mol. The van der Waals surface area contributed by atoms with E-state index >= 15 is 0 Å². The van der Waals surface area contributed by atoms with Crippen LogP contribution in [0.15, 0.2) is 66.7 Å². The number of ether oxygens (including phenoxy) is 2. The number of nitrogens with zero attached hydrogens (tertiary/aromatic N) is 1. The fourth-order valence-electron chi connectivity index (χ4n) is 2.74. The topological polar surface area (TPSA) is 55.8 Å². The summed E-state index contributed by atoms with van der Waals surface area (Å²) < 4.78 is 10.3. The second kappa shape index (κ2) is 8.85. The van der Waals surface area contributed by atoms with Crippen molar-refractivity contribution in [1.82, 2.24) is 4.90 Å². The van der Waals surface area contributed by atoms with Gasteiger partial charge in [0, 0.05) is 13.1 Å². The molecular formula is C21H21NO4. The minimum absolute atomic E-state index is 0.193. The molecule has 5 heteroatoms. The van der Waals surface area contributed by atoms with Gasteiger partial charge in [-0.25, -0.2) is 4.79 Å². The molecule has 26 heavy (non-hydrogen) atoms. The molecule has 0 aliphatic carbocycles. The summed E-state index contributed by atoms with van der Waals surface area (Å²) in [7, 11) is 0. The van der Waals surface area contributed by atoms with Crippen molar-refractivity contribution in [3.8, 4) is 5.75 Å². The maximum atomic E-state index is 12.2. The van der Waals surface area contributed by atoms with E-state index in [1.54, 1.807) is 17.0 Å². The van der Waals surface area contributed by atoms with Crippen LogP contribution in [0.25, 0.3) is 5.57 Å². The summed E-state index contributed by atoms with van der Waals surface area (Å²) in [5.41, 5.74) is 2.42. The van der Waals surface area contributed by atoms with Gasteiger partial charge in [0.15, 0.2) is 13.2 Å². The molecule has 1 amide bonds. The predicted molar refractivity (Wildman–Crippen MR) is 98.5 cm³/mol. The molecule has 0 saturated heterocycles. The van der Waals surface area contributed by atoms with Gasteiger partial charge in [0.25, 0.3) is 5.91 Å². The van der Waals surface area contributed by atoms with Crippen LogP contribution in [-0.2, 0) is 14.3 Å². The summed E-state index contributed by atoms with van der Waals surface area (Å²) in [6.07, 6.45) is 2.85. The van der Waals surface area contributed by atoms with E-state index in [0.29, 0.717) is 18.8 Å². The number of amides is 1. The van der Waals surface area contributed by atoms with Crippen molar-refractivity contribution in [2.24, 2.45) is 0 Å². The molecule has 2 aromatic rings. The smallest absolute Gasteiger partial charge is 0.344 e. The van der Waals surface area contributed by atoms with Gasteiger partial charge in [0.05, 0.1) is 0 Å². The average Bonchev–Trinajstić information content (AvgIpc) is 2.72. The molecule has 0 bridgehead atoms. The molecule has 3 rings (SSSR count). The molecule has 0 spiro atoms. The highest BCUT2D eigenvalue weighted by atomic mass is 16.6. The van der Waals surface area contributed by atoms with Crippen LogP contribution in [0.2, 0.25) is 0 Å².